The van der Waals surface area contributed by atoms with Crippen LogP contribution in [0.2, 0.25) is 0 Å². The maximum atomic E-state index is 4.57. The monoisotopic (exact) mass is 290 g/mol. The predicted molar refractivity (Wildman–Crippen MR) is 80.4 cm³/mol. The number of hydrogen-bond acceptors (Lipinski definition) is 5. The number of rotatable bonds is 3. The fraction of sp³-hybridized carbons (Fsp3) is 0.0769. The molecule has 3 rings (SSSR count). The van der Waals surface area contributed by atoms with Gasteiger partial charge in [0.05, 0.1) is 21.1 Å². The molecule has 0 fully saturated rings. The smallest absolute Gasteiger partial charge is 0.188 e. The molecule has 18 heavy (non-hydrogen) atoms. The van der Waals surface area contributed by atoms with Crippen LogP contribution in [0.3, 0.4) is 0 Å². The van der Waals surface area contributed by atoms with E-state index in [1.54, 1.807) is 34.4 Å². The molecule has 0 aliphatic heterocycles. The molecule has 0 spiro atoms. The summed E-state index contributed by atoms with van der Waals surface area (Å²) in [5, 5.41) is 4.96. The number of nitrogens with zero attached hydrogens (tertiary/aromatic N) is 2. The lowest BCUT2D eigenvalue weighted by Gasteiger charge is -2.04. The van der Waals surface area contributed by atoms with Gasteiger partial charge in [0.1, 0.15) is 0 Å². The molecule has 3 aromatic rings. The summed E-state index contributed by atoms with van der Waals surface area (Å²) in [6.07, 6.45) is 2.01. The van der Waals surface area contributed by atoms with E-state index in [0.29, 0.717) is 0 Å². The van der Waals surface area contributed by atoms with Gasteiger partial charge < -0.3 is 0 Å². The molecule has 0 radical (unpaired) electrons. The fourth-order valence-corrected chi connectivity index (χ4v) is 3.37. The summed E-state index contributed by atoms with van der Waals surface area (Å²) in [5.41, 5.74) is 2.01. The van der Waals surface area contributed by atoms with Crippen LogP contribution in [0.4, 0.5) is 0 Å². The minimum atomic E-state index is 0.823. The van der Waals surface area contributed by atoms with Crippen LogP contribution in [-0.4, -0.2) is 16.2 Å². The SMILES string of the molecule is CSc1nc(-c2cccs2)cc(-c2cccs2)n1. The van der Waals surface area contributed by atoms with Gasteiger partial charge in [0.2, 0.25) is 0 Å². The van der Waals surface area contributed by atoms with E-state index in [4.69, 9.17) is 0 Å². The third-order valence-corrected chi connectivity index (χ3v) is 4.77. The van der Waals surface area contributed by atoms with Crippen LogP contribution < -0.4 is 0 Å². The van der Waals surface area contributed by atoms with Gasteiger partial charge >= 0.3 is 0 Å². The van der Waals surface area contributed by atoms with Crippen molar-refractivity contribution in [3.8, 4) is 21.1 Å². The lowest BCUT2D eigenvalue weighted by atomic mass is 10.2. The largest absolute Gasteiger partial charge is 0.222 e. The van der Waals surface area contributed by atoms with Crippen molar-refractivity contribution in [2.24, 2.45) is 0 Å². The Balaban J connectivity index is 2.13. The topological polar surface area (TPSA) is 25.8 Å². The molecule has 5 heteroatoms. The van der Waals surface area contributed by atoms with Crippen LogP contribution >= 0.6 is 34.4 Å². The highest BCUT2D eigenvalue weighted by molar-refractivity contribution is 7.98. The molecule has 2 nitrogen and oxygen atoms in total. The van der Waals surface area contributed by atoms with Gasteiger partial charge in [-0.3, -0.25) is 0 Å². The average molecular weight is 290 g/mol. The Kier molecular flexibility index (Phi) is 3.45. The molecule has 0 unspecified atom stereocenters. The molecule has 0 aliphatic carbocycles. The highest BCUT2D eigenvalue weighted by Gasteiger charge is 2.09. The molecule has 3 heterocycles. The van der Waals surface area contributed by atoms with Crippen molar-refractivity contribution < 1.29 is 0 Å². The van der Waals surface area contributed by atoms with E-state index < -0.39 is 0 Å². The lowest BCUT2D eigenvalue weighted by molar-refractivity contribution is 0.986. The van der Waals surface area contributed by atoms with Crippen LogP contribution in [0, 0.1) is 0 Å². The second kappa shape index (κ2) is 5.22. The van der Waals surface area contributed by atoms with E-state index in [1.807, 2.05) is 18.4 Å². The van der Waals surface area contributed by atoms with Crippen LogP contribution in [0.5, 0.6) is 0 Å². The van der Waals surface area contributed by atoms with Crippen molar-refractivity contribution >= 4 is 34.4 Å². The third kappa shape index (κ3) is 2.34. The van der Waals surface area contributed by atoms with Gasteiger partial charge in [-0.1, -0.05) is 23.9 Å². The summed E-state index contributed by atoms with van der Waals surface area (Å²) < 4.78 is 0. The van der Waals surface area contributed by atoms with Crippen LogP contribution in [0.15, 0.2) is 46.2 Å². The molecule has 0 saturated carbocycles. The lowest BCUT2D eigenvalue weighted by Crippen LogP contribution is -1.91. The van der Waals surface area contributed by atoms with Crippen LogP contribution in [-0.2, 0) is 0 Å². The first-order valence-corrected chi connectivity index (χ1v) is 8.36. The van der Waals surface area contributed by atoms with Gasteiger partial charge in [-0.05, 0) is 35.2 Å². The summed E-state index contributed by atoms with van der Waals surface area (Å²) in [7, 11) is 0. The predicted octanol–water partition coefficient (Wildman–Crippen LogP) is 4.66. The molecule has 0 saturated heterocycles. The van der Waals surface area contributed by atoms with E-state index in [-0.39, 0.29) is 0 Å². The zero-order valence-electron chi connectivity index (χ0n) is 9.66. The first-order valence-electron chi connectivity index (χ1n) is 5.37. The average Bonchev–Trinajstić information content (AvgIpc) is 3.10. The zero-order valence-corrected chi connectivity index (χ0v) is 12.1. The Morgan fingerprint density at radius 1 is 0.944 bits per heavy atom. The highest BCUT2D eigenvalue weighted by atomic mass is 32.2. The Morgan fingerprint density at radius 2 is 1.50 bits per heavy atom. The van der Waals surface area contributed by atoms with Crippen molar-refractivity contribution in [1.82, 2.24) is 9.97 Å². The van der Waals surface area contributed by atoms with Crippen LogP contribution in [0.25, 0.3) is 21.1 Å². The van der Waals surface area contributed by atoms with Crippen molar-refractivity contribution in [3.05, 3.63) is 41.1 Å². The third-order valence-electron chi connectivity index (χ3n) is 2.44. The zero-order chi connectivity index (χ0) is 12.4. The van der Waals surface area contributed by atoms with Crippen LogP contribution in [0.1, 0.15) is 0 Å². The highest BCUT2D eigenvalue weighted by Crippen LogP contribution is 2.30. The van der Waals surface area contributed by atoms with E-state index in [1.165, 1.54) is 9.75 Å². The van der Waals surface area contributed by atoms with E-state index in [9.17, 15) is 0 Å². The minimum Gasteiger partial charge on any atom is -0.222 e. The molecular weight excluding hydrogens is 280 g/mol. The molecule has 3 aromatic heterocycles. The summed E-state index contributed by atoms with van der Waals surface area (Å²) in [6.45, 7) is 0. The molecule has 0 atom stereocenters. The first kappa shape index (κ1) is 11.9. The normalized spacial score (nSPS) is 10.7. The number of thiophene rings is 2. The first-order chi connectivity index (χ1) is 8.86. The van der Waals surface area contributed by atoms with Gasteiger partial charge in [-0.15, -0.1) is 22.7 Å². The fourth-order valence-electron chi connectivity index (χ4n) is 1.62. The van der Waals surface area contributed by atoms with Gasteiger partial charge in [-0.2, -0.15) is 0 Å². The quantitative estimate of drug-likeness (QED) is 0.518. The van der Waals surface area contributed by atoms with Crippen molar-refractivity contribution in [2.45, 2.75) is 5.16 Å². The molecule has 0 aliphatic rings. The molecule has 0 bridgehead atoms. The Bertz CT molecular complexity index is 578. The number of aromatic nitrogens is 2. The molecule has 0 amide bonds. The molecular formula is C13H10N2S3. The number of hydrogen-bond donors (Lipinski definition) is 0. The van der Waals surface area contributed by atoms with Crippen molar-refractivity contribution in [3.63, 3.8) is 0 Å². The standard InChI is InChI=1S/C13H10N2S3/c1-16-13-14-9(11-4-2-6-17-11)8-10(15-13)12-5-3-7-18-12/h2-8H,1H3. The Morgan fingerprint density at radius 3 is 1.89 bits per heavy atom. The van der Waals surface area contributed by atoms with Gasteiger partial charge in [0, 0.05) is 0 Å². The minimum absolute atomic E-state index is 0.823. The van der Waals surface area contributed by atoms with E-state index >= 15 is 0 Å². The Hall–Kier alpha value is -1.17. The van der Waals surface area contributed by atoms with Gasteiger partial charge in [-0.25, -0.2) is 9.97 Å². The second-order valence-corrected chi connectivity index (χ2v) is 6.25. The van der Waals surface area contributed by atoms with Crippen molar-refractivity contribution in [2.75, 3.05) is 6.26 Å². The second-order valence-electron chi connectivity index (χ2n) is 3.58. The molecule has 0 aromatic carbocycles. The summed E-state index contributed by atoms with van der Waals surface area (Å²) in [6, 6.07) is 10.3. The van der Waals surface area contributed by atoms with Gasteiger partial charge in [0.15, 0.2) is 5.16 Å². The van der Waals surface area contributed by atoms with Crippen molar-refractivity contribution in [1.29, 1.82) is 0 Å². The molecule has 90 valence electrons. The maximum absolute atomic E-state index is 4.57. The summed E-state index contributed by atoms with van der Waals surface area (Å²) in [4.78, 5) is 11.5. The molecule has 0 N–H and O–H groups in total. The number of thioether (sulfide) groups is 1. The summed E-state index contributed by atoms with van der Waals surface area (Å²) >= 11 is 4.99. The summed E-state index contributed by atoms with van der Waals surface area (Å²) in [5.74, 6) is 0. The van der Waals surface area contributed by atoms with Gasteiger partial charge in [0.25, 0.3) is 0 Å². The maximum Gasteiger partial charge on any atom is 0.188 e. The Labute approximate surface area is 118 Å². The van der Waals surface area contributed by atoms with E-state index in [2.05, 4.69) is 38.9 Å². The van der Waals surface area contributed by atoms with E-state index in [0.717, 1.165) is 16.5 Å².